The molecule has 6 heteroatoms. The zero-order chi connectivity index (χ0) is 14.5. The maximum atomic E-state index is 11.8. The molecule has 1 amide bonds. The number of carboxylic acids is 1. The standard InChI is InChI=1S/C14H16BrNO4/c15-12-7-5-9(20-12)6-8-13(17)16-11-4-2-1-3-10(11)14(18)19/h5-8,10-11H,1-4H2,(H,16,17)(H,18,19). The lowest BCUT2D eigenvalue weighted by Gasteiger charge is -2.28. The fourth-order valence-electron chi connectivity index (χ4n) is 2.41. The van der Waals surface area contributed by atoms with Gasteiger partial charge in [0.05, 0.1) is 5.92 Å². The lowest BCUT2D eigenvalue weighted by atomic mass is 9.84. The SMILES string of the molecule is O=C(C=Cc1ccc(Br)o1)NC1CCCCC1C(=O)O. The number of rotatable bonds is 4. The van der Waals surface area contributed by atoms with E-state index in [0.717, 1.165) is 12.8 Å². The molecule has 1 aliphatic carbocycles. The fourth-order valence-corrected chi connectivity index (χ4v) is 2.72. The Bertz CT molecular complexity index is 523. The van der Waals surface area contributed by atoms with Gasteiger partial charge in [-0.2, -0.15) is 0 Å². The first kappa shape index (κ1) is 14.8. The van der Waals surface area contributed by atoms with Crippen molar-refractivity contribution in [3.05, 3.63) is 28.6 Å². The minimum absolute atomic E-state index is 0.290. The number of carboxylic acid groups (broad SMARTS) is 1. The Labute approximate surface area is 125 Å². The molecule has 1 aromatic heterocycles. The van der Waals surface area contributed by atoms with Gasteiger partial charge < -0.3 is 14.8 Å². The van der Waals surface area contributed by atoms with E-state index in [9.17, 15) is 9.59 Å². The minimum Gasteiger partial charge on any atom is -0.481 e. The molecule has 0 saturated heterocycles. The Morgan fingerprint density at radius 2 is 2.10 bits per heavy atom. The molecule has 2 atom stereocenters. The van der Waals surface area contributed by atoms with Gasteiger partial charge in [-0.05, 0) is 47.0 Å². The summed E-state index contributed by atoms with van der Waals surface area (Å²) in [5, 5.41) is 11.9. The average molecular weight is 342 g/mol. The number of nitrogens with one attached hydrogen (secondary N) is 1. The van der Waals surface area contributed by atoms with Crippen LogP contribution < -0.4 is 5.32 Å². The molecule has 0 spiro atoms. The number of amides is 1. The van der Waals surface area contributed by atoms with Gasteiger partial charge in [-0.3, -0.25) is 9.59 Å². The molecular formula is C14H16BrNO4. The quantitative estimate of drug-likeness (QED) is 0.825. The third-order valence-corrected chi connectivity index (χ3v) is 3.83. The number of hydrogen-bond donors (Lipinski definition) is 2. The van der Waals surface area contributed by atoms with Crippen molar-refractivity contribution in [1.82, 2.24) is 5.32 Å². The molecule has 0 aromatic carbocycles. The maximum absolute atomic E-state index is 11.8. The normalized spacial score (nSPS) is 22.9. The molecule has 5 nitrogen and oxygen atoms in total. The molecule has 20 heavy (non-hydrogen) atoms. The second-order valence-corrected chi connectivity index (χ2v) is 5.60. The van der Waals surface area contributed by atoms with Crippen LogP contribution in [0.15, 0.2) is 27.3 Å². The first-order chi connectivity index (χ1) is 9.56. The van der Waals surface area contributed by atoms with Crippen molar-refractivity contribution in [2.45, 2.75) is 31.7 Å². The monoisotopic (exact) mass is 341 g/mol. The van der Waals surface area contributed by atoms with Crippen LogP contribution in [0.4, 0.5) is 0 Å². The smallest absolute Gasteiger partial charge is 0.308 e. The lowest BCUT2D eigenvalue weighted by molar-refractivity contribution is -0.144. The number of aliphatic carboxylic acids is 1. The van der Waals surface area contributed by atoms with Gasteiger partial charge in [0.1, 0.15) is 5.76 Å². The first-order valence-corrected chi connectivity index (χ1v) is 7.32. The third-order valence-electron chi connectivity index (χ3n) is 3.40. The molecule has 1 aromatic rings. The van der Waals surface area contributed by atoms with Crippen LogP contribution in [-0.2, 0) is 9.59 Å². The lowest BCUT2D eigenvalue weighted by Crippen LogP contribution is -2.44. The average Bonchev–Trinajstić information content (AvgIpc) is 2.83. The van der Waals surface area contributed by atoms with E-state index in [-0.39, 0.29) is 11.9 Å². The Balaban J connectivity index is 1.93. The zero-order valence-electron chi connectivity index (χ0n) is 10.8. The summed E-state index contributed by atoms with van der Waals surface area (Å²) in [4.78, 5) is 23.0. The van der Waals surface area contributed by atoms with Crippen LogP contribution >= 0.6 is 15.9 Å². The van der Waals surface area contributed by atoms with E-state index in [1.807, 2.05) is 0 Å². The van der Waals surface area contributed by atoms with E-state index >= 15 is 0 Å². The van der Waals surface area contributed by atoms with Gasteiger partial charge in [-0.15, -0.1) is 0 Å². The predicted molar refractivity (Wildman–Crippen MR) is 77.0 cm³/mol. The van der Waals surface area contributed by atoms with Crippen LogP contribution in [0.3, 0.4) is 0 Å². The number of halogens is 1. The molecule has 2 unspecified atom stereocenters. The summed E-state index contributed by atoms with van der Waals surface area (Å²) in [5.74, 6) is -1.06. The summed E-state index contributed by atoms with van der Waals surface area (Å²) < 4.78 is 5.83. The van der Waals surface area contributed by atoms with Gasteiger partial charge in [0.25, 0.3) is 0 Å². The van der Waals surface area contributed by atoms with Crippen molar-refractivity contribution >= 4 is 33.9 Å². The molecular weight excluding hydrogens is 326 g/mol. The predicted octanol–water partition coefficient (Wildman–Crippen LogP) is 2.81. The number of hydrogen-bond acceptors (Lipinski definition) is 3. The Morgan fingerprint density at radius 1 is 1.35 bits per heavy atom. The molecule has 0 aliphatic heterocycles. The molecule has 1 fully saturated rings. The van der Waals surface area contributed by atoms with E-state index in [0.29, 0.717) is 23.3 Å². The van der Waals surface area contributed by atoms with E-state index in [1.54, 1.807) is 18.2 Å². The van der Waals surface area contributed by atoms with Crippen molar-refractivity contribution in [3.8, 4) is 0 Å². The van der Waals surface area contributed by atoms with Crippen LogP contribution in [0, 0.1) is 5.92 Å². The van der Waals surface area contributed by atoms with Gasteiger partial charge >= 0.3 is 5.97 Å². The summed E-state index contributed by atoms with van der Waals surface area (Å²) in [6.07, 6.45) is 6.10. The van der Waals surface area contributed by atoms with Gasteiger partial charge in [-0.25, -0.2) is 0 Å². The molecule has 2 N–H and O–H groups in total. The maximum Gasteiger partial charge on any atom is 0.308 e. The summed E-state index contributed by atoms with van der Waals surface area (Å²) in [6.45, 7) is 0. The van der Waals surface area contributed by atoms with Crippen molar-refractivity contribution < 1.29 is 19.1 Å². The summed E-state index contributed by atoms with van der Waals surface area (Å²) in [6, 6.07) is 3.18. The first-order valence-electron chi connectivity index (χ1n) is 6.53. The van der Waals surface area contributed by atoms with E-state index < -0.39 is 11.9 Å². The largest absolute Gasteiger partial charge is 0.481 e. The van der Waals surface area contributed by atoms with E-state index in [1.165, 1.54) is 6.08 Å². The highest BCUT2D eigenvalue weighted by Crippen LogP contribution is 2.24. The van der Waals surface area contributed by atoms with Crippen LogP contribution in [0.1, 0.15) is 31.4 Å². The number of carbonyl (C=O) groups is 2. The van der Waals surface area contributed by atoms with Crippen LogP contribution in [0.25, 0.3) is 6.08 Å². The summed E-state index contributed by atoms with van der Waals surface area (Å²) in [5.41, 5.74) is 0. The summed E-state index contributed by atoms with van der Waals surface area (Å²) in [7, 11) is 0. The van der Waals surface area contributed by atoms with Gasteiger partial charge in [0.15, 0.2) is 4.67 Å². The van der Waals surface area contributed by atoms with Gasteiger partial charge in [0.2, 0.25) is 5.91 Å². The third kappa shape index (κ3) is 3.96. The second-order valence-electron chi connectivity index (χ2n) is 4.82. The molecule has 2 rings (SSSR count). The van der Waals surface area contributed by atoms with Crippen LogP contribution in [-0.4, -0.2) is 23.0 Å². The molecule has 0 bridgehead atoms. The topological polar surface area (TPSA) is 79.5 Å². The minimum atomic E-state index is -0.839. The Hall–Kier alpha value is -1.56. The Kier molecular flexibility index (Phi) is 5.00. The molecule has 1 heterocycles. The Morgan fingerprint density at radius 3 is 2.75 bits per heavy atom. The van der Waals surface area contributed by atoms with Crippen molar-refractivity contribution in [2.75, 3.05) is 0 Å². The van der Waals surface area contributed by atoms with Crippen LogP contribution in [0.2, 0.25) is 0 Å². The molecule has 1 aliphatic rings. The van der Waals surface area contributed by atoms with Gasteiger partial charge in [0, 0.05) is 12.1 Å². The van der Waals surface area contributed by atoms with E-state index in [4.69, 9.17) is 9.52 Å². The zero-order valence-corrected chi connectivity index (χ0v) is 12.4. The number of furan rings is 1. The van der Waals surface area contributed by atoms with Crippen molar-refractivity contribution in [3.63, 3.8) is 0 Å². The highest BCUT2D eigenvalue weighted by Gasteiger charge is 2.31. The van der Waals surface area contributed by atoms with Crippen molar-refractivity contribution in [1.29, 1.82) is 0 Å². The van der Waals surface area contributed by atoms with Gasteiger partial charge in [-0.1, -0.05) is 12.8 Å². The van der Waals surface area contributed by atoms with Crippen molar-refractivity contribution in [2.24, 2.45) is 5.92 Å². The number of carbonyl (C=O) groups excluding carboxylic acids is 1. The second kappa shape index (κ2) is 6.74. The highest BCUT2D eigenvalue weighted by atomic mass is 79.9. The van der Waals surface area contributed by atoms with E-state index in [2.05, 4.69) is 21.2 Å². The molecule has 108 valence electrons. The van der Waals surface area contributed by atoms with Crippen LogP contribution in [0.5, 0.6) is 0 Å². The summed E-state index contributed by atoms with van der Waals surface area (Å²) >= 11 is 3.18. The fraction of sp³-hybridized carbons (Fsp3) is 0.429. The molecule has 0 radical (unpaired) electrons. The highest BCUT2D eigenvalue weighted by molar-refractivity contribution is 9.10. The molecule has 1 saturated carbocycles.